The van der Waals surface area contributed by atoms with Crippen molar-refractivity contribution in [1.29, 1.82) is 0 Å². The summed E-state index contributed by atoms with van der Waals surface area (Å²) in [6.07, 6.45) is 2.64. The molecule has 2 aromatic carbocycles. The smallest absolute Gasteiger partial charge is 0.230 e. The fraction of sp³-hybridized carbons (Fsp3) is 0.240. The Morgan fingerprint density at radius 3 is 2.79 bits per heavy atom. The number of carbonyl (C=O) groups is 1. The lowest BCUT2D eigenvalue weighted by molar-refractivity contribution is 0.0962. The SMILES string of the molecule is CCOc1ccc2nc(Nc3ncc4c(n3)C[C@H](c3cccc(Cl)c3)CC4=O)nc(C)c2c1. The van der Waals surface area contributed by atoms with Crippen LogP contribution in [0.5, 0.6) is 5.75 Å². The predicted molar refractivity (Wildman–Crippen MR) is 128 cm³/mol. The molecule has 8 heteroatoms. The Hall–Kier alpha value is -3.58. The second kappa shape index (κ2) is 8.75. The minimum absolute atomic E-state index is 0.0325. The third kappa shape index (κ3) is 4.36. The molecule has 4 aromatic rings. The highest BCUT2D eigenvalue weighted by atomic mass is 35.5. The van der Waals surface area contributed by atoms with E-state index in [1.165, 1.54) is 0 Å². The number of fused-ring (bicyclic) bond motifs is 2. The van der Waals surface area contributed by atoms with Crippen LogP contribution in [0.2, 0.25) is 5.02 Å². The van der Waals surface area contributed by atoms with Crippen LogP contribution in [0.15, 0.2) is 48.7 Å². The molecule has 0 fully saturated rings. The molecule has 7 nitrogen and oxygen atoms in total. The maximum atomic E-state index is 12.7. The molecule has 1 N–H and O–H groups in total. The minimum Gasteiger partial charge on any atom is -0.494 e. The van der Waals surface area contributed by atoms with Crippen molar-refractivity contribution in [3.05, 3.63) is 76.2 Å². The van der Waals surface area contributed by atoms with Crippen LogP contribution in [-0.4, -0.2) is 32.3 Å². The second-order valence-electron chi connectivity index (χ2n) is 8.01. The van der Waals surface area contributed by atoms with Gasteiger partial charge < -0.3 is 4.74 Å². The van der Waals surface area contributed by atoms with Crippen molar-refractivity contribution in [3.8, 4) is 5.75 Å². The number of nitrogens with zero attached hydrogens (tertiary/aromatic N) is 4. The summed E-state index contributed by atoms with van der Waals surface area (Å²) < 4.78 is 5.58. The van der Waals surface area contributed by atoms with E-state index >= 15 is 0 Å². The fourth-order valence-corrected chi connectivity index (χ4v) is 4.37. The summed E-state index contributed by atoms with van der Waals surface area (Å²) in [5.41, 5.74) is 3.93. The molecule has 0 saturated heterocycles. The maximum absolute atomic E-state index is 12.7. The molecule has 2 heterocycles. The Morgan fingerprint density at radius 2 is 1.97 bits per heavy atom. The number of aryl methyl sites for hydroxylation is 1. The standard InChI is InChI=1S/C25H22ClN5O2/c1-3-33-18-7-8-21-19(12-18)14(2)28-25(29-21)31-24-27-13-20-22(30-24)10-16(11-23(20)32)15-5-4-6-17(26)9-15/h4-9,12-13,16H,3,10-11H2,1-2H3,(H,27,28,29,30,31)/t16-/m0/s1. The van der Waals surface area contributed by atoms with Gasteiger partial charge in [0.25, 0.3) is 0 Å². The molecule has 0 saturated carbocycles. The molecule has 0 radical (unpaired) electrons. The largest absolute Gasteiger partial charge is 0.494 e. The van der Waals surface area contributed by atoms with Crippen LogP contribution in [0, 0.1) is 6.92 Å². The van der Waals surface area contributed by atoms with Crippen LogP contribution in [0.4, 0.5) is 11.9 Å². The molecule has 0 bridgehead atoms. The van der Waals surface area contributed by atoms with Gasteiger partial charge in [-0.25, -0.2) is 19.9 Å². The third-order valence-corrected chi connectivity index (χ3v) is 5.99. The van der Waals surface area contributed by atoms with E-state index in [9.17, 15) is 4.79 Å². The van der Waals surface area contributed by atoms with Crippen LogP contribution in [-0.2, 0) is 6.42 Å². The van der Waals surface area contributed by atoms with Crippen LogP contribution in [0.1, 0.15) is 46.6 Å². The zero-order valence-electron chi connectivity index (χ0n) is 18.3. The summed E-state index contributed by atoms with van der Waals surface area (Å²) in [5.74, 6) is 1.62. The van der Waals surface area contributed by atoms with E-state index in [4.69, 9.17) is 16.3 Å². The van der Waals surface area contributed by atoms with E-state index in [1.54, 1.807) is 6.20 Å². The molecule has 33 heavy (non-hydrogen) atoms. The van der Waals surface area contributed by atoms with E-state index in [2.05, 4.69) is 25.3 Å². The number of aromatic nitrogens is 4. The molecule has 5 rings (SSSR count). The summed E-state index contributed by atoms with van der Waals surface area (Å²) in [5, 5.41) is 4.68. The fourth-order valence-electron chi connectivity index (χ4n) is 4.17. The van der Waals surface area contributed by atoms with Gasteiger partial charge in [-0.3, -0.25) is 10.1 Å². The van der Waals surface area contributed by atoms with Gasteiger partial charge in [0.05, 0.1) is 29.1 Å². The number of hydrogen-bond acceptors (Lipinski definition) is 7. The lowest BCUT2D eigenvalue weighted by Gasteiger charge is -2.23. The minimum atomic E-state index is 0.0325. The number of nitrogens with one attached hydrogen (secondary N) is 1. The van der Waals surface area contributed by atoms with Gasteiger partial charge in [0, 0.05) is 23.0 Å². The molecular weight excluding hydrogens is 438 g/mol. The van der Waals surface area contributed by atoms with Gasteiger partial charge in [0.2, 0.25) is 11.9 Å². The lowest BCUT2D eigenvalue weighted by Crippen LogP contribution is -2.21. The van der Waals surface area contributed by atoms with Gasteiger partial charge in [0.15, 0.2) is 5.78 Å². The summed E-state index contributed by atoms with van der Waals surface area (Å²) in [7, 11) is 0. The second-order valence-corrected chi connectivity index (χ2v) is 8.44. The summed E-state index contributed by atoms with van der Waals surface area (Å²) in [6, 6.07) is 13.4. The third-order valence-electron chi connectivity index (χ3n) is 5.75. The average Bonchev–Trinajstić information content (AvgIpc) is 2.79. The molecule has 0 unspecified atom stereocenters. The first-order chi connectivity index (χ1) is 16.0. The van der Waals surface area contributed by atoms with Crippen LogP contribution >= 0.6 is 11.6 Å². The zero-order chi connectivity index (χ0) is 22.9. The van der Waals surface area contributed by atoms with Gasteiger partial charge in [0.1, 0.15) is 5.75 Å². The Bertz CT molecular complexity index is 1370. The van der Waals surface area contributed by atoms with Crippen LogP contribution < -0.4 is 10.1 Å². The molecule has 1 aliphatic carbocycles. The van der Waals surface area contributed by atoms with E-state index < -0.39 is 0 Å². The normalized spacial score (nSPS) is 15.4. The molecular formula is C25H22ClN5O2. The van der Waals surface area contributed by atoms with Crippen molar-refractivity contribution in [2.75, 3.05) is 11.9 Å². The van der Waals surface area contributed by atoms with Gasteiger partial charge in [-0.2, -0.15) is 0 Å². The number of benzene rings is 2. The highest BCUT2D eigenvalue weighted by Gasteiger charge is 2.28. The van der Waals surface area contributed by atoms with Crippen molar-refractivity contribution in [3.63, 3.8) is 0 Å². The molecule has 166 valence electrons. The first-order valence-corrected chi connectivity index (χ1v) is 11.2. The summed E-state index contributed by atoms with van der Waals surface area (Å²) in [4.78, 5) is 30.8. The average molecular weight is 460 g/mol. The van der Waals surface area contributed by atoms with Crippen LogP contribution in [0.25, 0.3) is 10.9 Å². The van der Waals surface area contributed by atoms with E-state index in [0.29, 0.717) is 47.6 Å². The number of halogens is 1. The van der Waals surface area contributed by atoms with E-state index in [-0.39, 0.29) is 11.7 Å². The Balaban J connectivity index is 1.42. The van der Waals surface area contributed by atoms with Crippen molar-refractivity contribution < 1.29 is 9.53 Å². The van der Waals surface area contributed by atoms with Gasteiger partial charge in [-0.05, 0) is 62.1 Å². The highest BCUT2D eigenvalue weighted by Crippen LogP contribution is 2.33. The number of anilines is 2. The molecule has 1 atom stereocenters. The number of Topliss-reactive ketones (excluding diaryl/α,β-unsaturated/α-hetero) is 1. The zero-order valence-corrected chi connectivity index (χ0v) is 19.1. The maximum Gasteiger partial charge on any atom is 0.230 e. The van der Waals surface area contributed by atoms with E-state index in [0.717, 1.165) is 27.9 Å². The first-order valence-electron chi connectivity index (χ1n) is 10.8. The Labute approximate surface area is 196 Å². The molecule has 0 amide bonds. The summed E-state index contributed by atoms with van der Waals surface area (Å²) >= 11 is 6.15. The number of hydrogen-bond donors (Lipinski definition) is 1. The van der Waals surface area contributed by atoms with E-state index in [1.807, 2.05) is 56.3 Å². The van der Waals surface area contributed by atoms with Crippen LogP contribution in [0.3, 0.4) is 0 Å². The Kier molecular flexibility index (Phi) is 5.64. The van der Waals surface area contributed by atoms with Crippen molar-refractivity contribution in [2.45, 2.75) is 32.6 Å². The molecule has 0 spiro atoms. The molecule has 2 aromatic heterocycles. The van der Waals surface area contributed by atoms with Gasteiger partial charge in [-0.1, -0.05) is 23.7 Å². The van der Waals surface area contributed by atoms with Crippen molar-refractivity contribution in [1.82, 2.24) is 19.9 Å². The summed E-state index contributed by atoms with van der Waals surface area (Å²) in [6.45, 7) is 4.47. The highest BCUT2D eigenvalue weighted by molar-refractivity contribution is 6.30. The number of ether oxygens (including phenoxy) is 1. The monoisotopic (exact) mass is 459 g/mol. The lowest BCUT2D eigenvalue weighted by atomic mass is 9.82. The van der Waals surface area contributed by atoms with Crippen molar-refractivity contribution >= 4 is 40.2 Å². The quantitative estimate of drug-likeness (QED) is 0.425. The Morgan fingerprint density at radius 1 is 1.09 bits per heavy atom. The van der Waals surface area contributed by atoms with Gasteiger partial charge >= 0.3 is 0 Å². The number of ketones is 1. The number of rotatable bonds is 5. The first kappa shape index (κ1) is 21.3. The number of carbonyl (C=O) groups excluding carboxylic acids is 1. The van der Waals surface area contributed by atoms with Gasteiger partial charge in [-0.15, -0.1) is 0 Å². The topological polar surface area (TPSA) is 89.9 Å². The predicted octanol–water partition coefficient (Wildman–Crippen LogP) is 5.44. The molecule has 0 aliphatic heterocycles. The van der Waals surface area contributed by atoms with Crippen molar-refractivity contribution in [2.24, 2.45) is 0 Å². The molecule has 1 aliphatic rings.